The smallest absolute Gasteiger partial charge is 0.253 e. The molecule has 14 heavy (non-hydrogen) atoms. The minimum atomic E-state index is -2.43. The zero-order valence-corrected chi connectivity index (χ0v) is 8.27. The van der Waals surface area contributed by atoms with Crippen LogP contribution in [0.3, 0.4) is 0 Å². The zero-order chi connectivity index (χ0) is 10.0. The van der Waals surface area contributed by atoms with Gasteiger partial charge in [-0.15, -0.1) is 0 Å². The van der Waals surface area contributed by atoms with Crippen molar-refractivity contribution in [2.75, 3.05) is 26.3 Å². The van der Waals surface area contributed by atoms with Crippen molar-refractivity contribution in [2.24, 2.45) is 11.8 Å². The molecule has 0 bridgehead atoms. The SMILES string of the molecule is FC1(F)CC1COCC1CCCNC1. The number of ether oxygens (including phenoxy) is 1. The van der Waals surface area contributed by atoms with Crippen molar-refractivity contribution in [1.82, 2.24) is 5.32 Å². The topological polar surface area (TPSA) is 21.3 Å². The first-order valence-corrected chi connectivity index (χ1v) is 5.35. The molecule has 0 aromatic rings. The second kappa shape index (κ2) is 4.11. The molecule has 1 aliphatic carbocycles. The predicted octanol–water partition coefficient (Wildman–Crippen LogP) is 1.66. The molecule has 1 heterocycles. The van der Waals surface area contributed by atoms with Gasteiger partial charge in [0.2, 0.25) is 0 Å². The first-order valence-electron chi connectivity index (χ1n) is 5.35. The van der Waals surface area contributed by atoms with Gasteiger partial charge in [-0.05, 0) is 25.3 Å². The third kappa shape index (κ3) is 2.64. The summed E-state index contributed by atoms with van der Waals surface area (Å²) in [6, 6.07) is 0. The summed E-state index contributed by atoms with van der Waals surface area (Å²) in [5, 5.41) is 3.28. The van der Waals surface area contributed by atoms with Crippen molar-refractivity contribution < 1.29 is 13.5 Å². The summed E-state index contributed by atoms with van der Waals surface area (Å²) in [4.78, 5) is 0. The Labute approximate surface area is 83.0 Å². The molecule has 0 aromatic carbocycles. The fourth-order valence-corrected chi connectivity index (χ4v) is 1.89. The maximum absolute atomic E-state index is 12.5. The molecule has 1 aliphatic heterocycles. The molecule has 0 spiro atoms. The summed E-state index contributed by atoms with van der Waals surface area (Å²) < 4.78 is 30.3. The lowest BCUT2D eigenvalue weighted by Crippen LogP contribution is -2.32. The average molecular weight is 205 g/mol. The average Bonchev–Trinajstić information content (AvgIpc) is 2.76. The Kier molecular flexibility index (Phi) is 3.02. The van der Waals surface area contributed by atoms with Crippen LogP contribution in [0.5, 0.6) is 0 Å². The normalized spacial score (nSPS) is 35.6. The number of hydrogen-bond donors (Lipinski definition) is 1. The third-order valence-corrected chi connectivity index (χ3v) is 3.03. The van der Waals surface area contributed by atoms with Crippen LogP contribution in [0.1, 0.15) is 19.3 Å². The summed E-state index contributed by atoms with van der Waals surface area (Å²) >= 11 is 0. The van der Waals surface area contributed by atoms with Crippen LogP contribution in [0.15, 0.2) is 0 Å². The first kappa shape index (κ1) is 10.3. The minimum absolute atomic E-state index is 0.0237. The Balaban J connectivity index is 1.54. The molecule has 2 rings (SSSR count). The Bertz CT molecular complexity index is 193. The molecule has 82 valence electrons. The van der Waals surface area contributed by atoms with Crippen LogP contribution in [-0.2, 0) is 4.74 Å². The molecule has 2 atom stereocenters. The van der Waals surface area contributed by atoms with Crippen LogP contribution in [0.2, 0.25) is 0 Å². The Morgan fingerprint density at radius 1 is 1.36 bits per heavy atom. The van der Waals surface area contributed by atoms with Gasteiger partial charge in [0.15, 0.2) is 0 Å². The van der Waals surface area contributed by atoms with Crippen LogP contribution in [0.25, 0.3) is 0 Å². The maximum Gasteiger partial charge on any atom is 0.253 e. The van der Waals surface area contributed by atoms with E-state index < -0.39 is 11.8 Å². The van der Waals surface area contributed by atoms with Gasteiger partial charge in [-0.3, -0.25) is 0 Å². The standard InChI is InChI=1S/C10H17F2NO/c11-10(12)4-9(10)7-14-6-8-2-1-3-13-5-8/h8-9,13H,1-7H2. The largest absolute Gasteiger partial charge is 0.381 e. The van der Waals surface area contributed by atoms with Crippen molar-refractivity contribution in [2.45, 2.75) is 25.2 Å². The Morgan fingerprint density at radius 2 is 2.14 bits per heavy atom. The van der Waals surface area contributed by atoms with Gasteiger partial charge in [0.1, 0.15) is 0 Å². The Morgan fingerprint density at radius 3 is 2.71 bits per heavy atom. The van der Waals surface area contributed by atoms with Crippen molar-refractivity contribution in [3.63, 3.8) is 0 Å². The van der Waals surface area contributed by atoms with Gasteiger partial charge in [-0.2, -0.15) is 0 Å². The van der Waals surface area contributed by atoms with E-state index in [1.165, 1.54) is 6.42 Å². The van der Waals surface area contributed by atoms with E-state index in [2.05, 4.69) is 5.32 Å². The van der Waals surface area contributed by atoms with Crippen molar-refractivity contribution >= 4 is 0 Å². The highest BCUT2D eigenvalue weighted by atomic mass is 19.3. The summed E-state index contributed by atoms with van der Waals surface area (Å²) in [5.74, 6) is -2.40. The van der Waals surface area contributed by atoms with E-state index in [1.807, 2.05) is 0 Å². The fourth-order valence-electron chi connectivity index (χ4n) is 1.89. The molecular weight excluding hydrogens is 188 g/mol. The number of halogens is 2. The van der Waals surface area contributed by atoms with E-state index in [-0.39, 0.29) is 13.0 Å². The van der Waals surface area contributed by atoms with E-state index in [0.717, 1.165) is 19.5 Å². The monoisotopic (exact) mass is 205 g/mol. The molecule has 2 nitrogen and oxygen atoms in total. The van der Waals surface area contributed by atoms with E-state index in [9.17, 15) is 8.78 Å². The third-order valence-electron chi connectivity index (χ3n) is 3.03. The molecule has 0 aromatic heterocycles. The van der Waals surface area contributed by atoms with E-state index in [0.29, 0.717) is 12.5 Å². The van der Waals surface area contributed by atoms with Crippen molar-refractivity contribution in [3.8, 4) is 0 Å². The number of hydrogen-bond acceptors (Lipinski definition) is 2. The number of alkyl halides is 2. The minimum Gasteiger partial charge on any atom is -0.381 e. The molecule has 1 N–H and O–H groups in total. The van der Waals surface area contributed by atoms with Crippen LogP contribution >= 0.6 is 0 Å². The lowest BCUT2D eigenvalue weighted by molar-refractivity contribution is 0.0391. The van der Waals surface area contributed by atoms with Crippen LogP contribution in [-0.4, -0.2) is 32.2 Å². The first-order chi connectivity index (χ1) is 6.68. The molecule has 1 saturated carbocycles. The Hall–Kier alpha value is -0.220. The van der Waals surface area contributed by atoms with Gasteiger partial charge in [-0.1, -0.05) is 0 Å². The predicted molar refractivity (Wildman–Crippen MR) is 49.5 cm³/mol. The lowest BCUT2D eigenvalue weighted by Gasteiger charge is -2.22. The van der Waals surface area contributed by atoms with E-state index in [4.69, 9.17) is 4.74 Å². The second-order valence-corrected chi connectivity index (χ2v) is 4.41. The summed E-state index contributed by atoms with van der Waals surface area (Å²) in [6.07, 6.45) is 2.36. The van der Waals surface area contributed by atoms with E-state index in [1.54, 1.807) is 0 Å². The van der Waals surface area contributed by atoms with Crippen LogP contribution in [0, 0.1) is 11.8 Å². The molecular formula is C10H17F2NO. The highest BCUT2D eigenvalue weighted by Crippen LogP contribution is 2.48. The van der Waals surface area contributed by atoms with Crippen molar-refractivity contribution in [1.29, 1.82) is 0 Å². The number of rotatable bonds is 4. The van der Waals surface area contributed by atoms with Gasteiger partial charge in [0.05, 0.1) is 19.1 Å². The molecule has 2 fully saturated rings. The molecule has 2 aliphatic rings. The van der Waals surface area contributed by atoms with Gasteiger partial charge >= 0.3 is 0 Å². The lowest BCUT2D eigenvalue weighted by atomic mass is 10.0. The van der Waals surface area contributed by atoms with Crippen molar-refractivity contribution in [3.05, 3.63) is 0 Å². The number of nitrogens with one attached hydrogen (secondary N) is 1. The molecule has 2 unspecified atom stereocenters. The molecule has 1 saturated heterocycles. The molecule has 4 heteroatoms. The summed E-state index contributed by atoms with van der Waals surface area (Å²) in [5.41, 5.74) is 0. The summed E-state index contributed by atoms with van der Waals surface area (Å²) in [6.45, 7) is 2.93. The molecule has 0 radical (unpaired) electrons. The van der Waals surface area contributed by atoms with Gasteiger partial charge in [0, 0.05) is 13.0 Å². The van der Waals surface area contributed by atoms with Crippen LogP contribution < -0.4 is 5.32 Å². The van der Waals surface area contributed by atoms with Crippen LogP contribution in [0.4, 0.5) is 8.78 Å². The maximum atomic E-state index is 12.5. The highest BCUT2D eigenvalue weighted by molar-refractivity contribution is 4.94. The number of piperidine rings is 1. The van der Waals surface area contributed by atoms with Gasteiger partial charge in [0.25, 0.3) is 5.92 Å². The second-order valence-electron chi connectivity index (χ2n) is 4.41. The van der Waals surface area contributed by atoms with E-state index >= 15 is 0 Å². The van der Waals surface area contributed by atoms with Gasteiger partial charge in [-0.25, -0.2) is 8.78 Å². The quantitative estimate of drug-likeness (QED) is 0.753. The fraction of sp³-hybridized carbons (Fsp3) is 1.00. The molecule has 0 amide bonds. The highest BCUT2D eigenvalue weighted by Gasteiger charge is 2.56. The zero-order valence-electron chi connectivity index (χ0n) is 8.27. The van der Waals surface area contributed by atoms with Gasteiger partial charge < -0.3 is 10.1 Å². The summed E-state index contributed by atoms with van der Waals surface area (Å²) in [7, 11) is 0.